The number of hydrogen-bond donors (Lipinski definition) is 3. The number of carboxylic acids is 1. The van der Waals surface area contributed by atoms with E-state index in [1.807, 2.05) is 24.3 Å². The molecule has 2 aromatic rings. The van der Waals surface area contributed by atoms with Crippen LogP contribution in [-0.2, 0) is 9.59 Å². The van der Waals surface area contributed by atoms with E-state index in [9.17, 15) is 14.4 Å². The van der Waals surface area contributed by atoms with Gasteiger partial charge in [-0.3, -0.25) is 14.4 Å². The quantitative estimate of drug-likeness (QED) is 0.709. The van der Waals surface area contributed by atoms with Crippen molar-refractivity contribution in [3.8, 4) is 0 Å². The van der Waals surface area contributed by atoms with Crippen LogP contribution in [0.25, 0.3) is 0 Å². The Morgan fingerprint density at radius 3 is 2.41 bits per heavy atom. The Kier molecular flexibility index (Phi) is 5.46. The van der Waals surface area contributed by atoms with Crippen molar-refractivity contribution in [1.82, 2.24) is 5.32 Å². The summed E-state index contributed by atoms with van der Waals surface area (Å²) >= 11 is 6.19. The molecule has 3 unspecified atom stereocenters. The predicted octanol–water partition coefficient (Wildman–Crippen LogP) is 3.29. The van der Waals surface area contributed by atoms with Gasteiger partial charge in [-0.05, 0) is 55.2 Å². The number of carbonyl (C=O) groups is 3. The van der Waals surface area contributed by atoms with Gasteiger partial charge in [0.25, 0.3) is 5.91 Å². The molecule has 2 aromatic carbocycles. The van der Waals surface area contributed by atoms with Crippen LogP contribution in [0.4, 0.5) is 5.69 Å². The molecule has 140 valence electrons. The Labute approximate surface area is 161 Å². The minimum atomic E-state index is -1.11. The number of aliphatic carboxylic acids is 1. The van der Waals surface area contributed by atoms with Gasteiger partial charge in [0, 0.05) is 22.2 Å². The second-order valence-electron chi connectivity index (χ2n) is 6.57. The first-order chi connectivity index (χ1) is 12.9. The summed E-state index contributed by atoms with van der Waals surface area (Å²) in [6, 6.07) is 12.9. The Hall–Kier alpha value is -2.86. The lowest BCUT2D eigenvalue weighted by molar-refractivity contribution is -0.138. The van der Waals surface area contributed by atoms with Crippen LogP contribution in [0.3, 0.4) is 0 Å². The van der Waals surface area contributed by atoms with E-state index in [0.29, 0.717) is 16.3 Å². The molecule has 1 aliphatic rings. The highest BCUT2D eigenvalue weighted by molar-refractivity contribution is 6.31. The van der Waals surface area contributed by atoms with Crippen molar-refractivity contribution >= 4 is 35.1 Å². The molecule has 2 amide bonds. The number of amides is 2. The molecule has 0 saturated heterocycles. The molecule has 27 heavy (non-hydrogen) atoms. The third-order valence-corrected chi connectivity index (χ3v) is 4.91. The minimum absolute atomic E-state index is 0.0865. The molecule has 3 N–H and O–H groups in total. The highest BCUT2D eigenvalue weighted by atomic mass is 35.5. The molecule has 6 nitrogen and oxygen atoms in total. The summed E-state index contributed by atoms with van der Waals surface area (Å²) in [5.74, 6) is -1.67. The number of carboxylic acid groups (broad SMARTS) is 1. The van der Waals surface area contributed by atoms with Gasteiger partial charge < -0.3 is 15.7 Å². The van der Waals surface area contributed by atoms with Crippen molar-refractivity contribution in [2.45, 2.75) is 25.3 Å². The van der Waals surface area contributed by atoms with Crippen LogP contribution >= 0.6 is 11.6 Å². The lowest BCUT2D eigenvalue weighted by Crippen LogP contribution is -2.38. The summed E-state index contributed by atoms with van der Waals surface area (Å²) in [6.07, 6.45) is 0.753. The second-order valence-corrected chi connectivity index (χ2v) is 6.98. The summed E-state index contributed by atoms with van der Waals surface area (Å²) < 4.78 is 0. The Balaban J connectivity index is 1.57. The molecule has 0 radical (unpaired) electrons. The van der Waals surface area contributed by atoms with Crippen LogP contribution in [0.1, 0.15) is 35.2 Å². The van der Waals surface area contributed by atoms with E-state index in [0.717, 1.165) is 12.0 Å². The molecule has 0 aliphatic heterocycles. The van der Waals surface area contributed by atoms with E-state index >= 15 is 0 Å². The zero-order valence-electron chi connectivity index (χ0n) is 14.6. The van der Waals surface area contributed by atoms with Gasteiger partial charge in [0.2, 0.25) is 5.91 Å². The van der Waals surface area contributed by atoms with Gasteiger partial charge in [-0.25, -0.2) is 0 Å². The number of halogens is 1. The Morgan fingerprint density at radius 1 is 1.11 bits per heavy atom. The molecule has 1 fully saturated rings. The third kappa shape index (κ3) is 4.46. The normalized spacial score (nSPS) is 19.0. The van der Waals surface area contributed by atoms with Crippen molar-refractivity contribution in [3.05, 3.63) is 64.7 Å². The first kappa shape index (κ1) is 18.9. The number of hydrogen-bond acceptors (Lipinski definition) is 3. The fourth-order valence-corrected chi connectivity index (χ4v) is 3.16. The van der Waals surface area contributed by atoms with Gasteiger partial charge in [0.05, 0.1) is 0 Å². The van der Waals surface area contributed by atoms with E-state index in [4.69, 9.17) is 16.7 Å². The van der Waals surface area contributed by atoms with E-state index in [1.165, 1.54) is 19.1 Å². The molecule has 0 aromatic heterocycles. The fraction of sp³-hybridized carbons (Fsp3) is 0.250. The molecule has 1 aliphatic carbocycles. The monoisotopic (exact) mass is 386 g/mol. The third-order valence-electron chi connectivity index (χ3n) is 4.56. The van der Waals surface area contributed by atoms with Gasteiger partial charge in [-0.15, -0.1) is 0 Å². The molecule has 0 bridgehead atoms. The number of rotatable bonds is 6. The molecule has 0 spiro atoms. The molecule has 1 saturated carbocycles. The molecule has 3 atom stereocenters. The van der Waals surface area contributed by atoms with Gasteiger partial charge in [0.1, 0.15) is 6.04 Å². The maximum atomic E-state index is 12.4. The fourth-order valence-electron chi connectivity index (χ4n) is 2.89. The van der Waals surface area contributed by atoms with E-state index in [1.54, 1.807) is 12.1 Å². The van der Waals surface area contributed by atoms with E-state index < -0.39 is 17.9 Å². The highest BCUT2D eigenvalue weighted by Gasteiger charge is 2.44. The van der Waals surface area contributed by atoms with Gasteiger partial charge in [0.15, 0.2) is 0 Å². The van der Waals surface area contributed by atoms with Crippen LogP contribution < -0.4 is 10.6 Å². The van der Waals surface area contributed by atoms with Gasteiger partial charge in [-0.2, -0.15) is 0 Å². The molecule has 7 heteroatoms. The van der Waals surface area contributed by atoms with Crippen molar-refractivity contribution in [2.24, 2.45) is 5.92 Å². The summed E-state index contributed by atoms with van der Waals surface area (Å²) in [7, 11) is 0. The summed E-state index contributed by atoms with van der Waals surface area (Å²) in [5, 5.41) is 14.7. The van der Waals surface area contributed by atoms with Crippen LogP contribution in [0, 0.1) is 5.92 Å². The molecule has 3 rings (SSSR count). The van der Waals surface area contributed by atoms with Crippen molar-refractivity contribution in [2.75, 3.05) is 5.32 Å². The SMILES string of the molecule is CC(NC(=O)c1ccc(NC(=O)C2CC2c2ccccc2Cl)cc1)C(=O)O. The zero-order chi connectivity index (χ0) is 19.6. The number of carbonyl (C=O) groups excluding carboxylic acids is 2. The van der Waals surface area contributed by atoms with Crippen LogP contribution in [0.2, 0.25) is 5.02 Å². The zero-order valence-corrected chi connectivity index (χ0v) is 15.4. The number of anilines is 1. The summed E-state index contributed by atoms with van der Waals surface area (Å²) in [4.78, 5) is 35.2. The smallest absolute Gasteiger partial charge is 0.325 e. The van der Waals surface area contributed by atoms with E-state index in [2.05, 4.69) is 10.6 Å². The Morgan fingerprint density at radius 2 is 1.78 bits per heavy atom. The van der Waals surface area contributed by atoms with Crippen LogP contribution in [0.5, 0.6) is 0 Å². The first-order valence-corrected chi connectivity index (χ1v) is 8.93. The van der Waals surface area contributed by atoms with Crippen molar-refractivity contribution < 1.29 is 19.5 Å². The predicted molar refractivity (Wildman–Crippen MR) is 102 cm³/mol. The summed E-state index contributed by atoms with van der Waals surface area (Å²) in [6.45, 7) is 1.39. The largest absolute Gasteiger partial charge is 0.480 e. The first-order valence-electron chi connectivity index (χ1n) is 8.56. The van der Waals surface area contributed by atoms with Crippen molar-refractivity contribution in [1.29, 1.82) is 0 Å². The maximum Gasteiger partial charge on any atom is 0.325 e. The van der Waals surface area contributed by atoms with E-state index in [-0.39, 0.29) is 17.7 Å². The summed E-state index contributed by atoms with van der Waals surface area (Å²) in [5.41, 5.74) is 1.88. The molecular formula is C20H19ClN2O4. The standard InChI is InChI=1S/C20H19ClN2O4/c1-11(20(26)27)22-18(24)12-6-8-13(9-7-12)23-19(25)16-10-15(16)14-4-2-3-5-17(14)21/h2-9,11,15-16H,10H2,1H3,(H,22,24)(H,23,25)(H,26,27). The van der Waals surface area contributed by atoms with Crippen molar-refractivity contribution in [3.63, 3.8) is 0 Å². The lowest BCUT2D eigenvalue weighted by atomic mass is 10.1. The molecule has 0 heterocycles. The number of benzene rings is 2. The topological polar surface area (TPSA) is 95.5 Å². The second kappa shape index (κ2) is 7.80. The lowest BCUT2D eigenvalue weighted by Gasteiger charge is -2.10. The molecular weight excluding hydrogens is 368 g/mol. The average Bonchev–Trinajstić information content (AvgIpc) is 3.43. The van der Waals surface area contributed by atoms with Crippen LogP contribution in [0.15, 0.2) is 48.5 Å². The number of nitrogens with one attached hydrogen (secondary N) is 2. The minimum Gasteiger partial charge on any atom is -0.480 e. The van der Waals surface area contributed by atoms with Crippen LogP contribution in [-0.4, -0.2) is 28.9 Å². The van der Waals surface area contributed by atoms with Gasteiger partial charge >= 0.3 is 5.97 Å². The Bertz CT molecular complexity index is 882. The maximum absolute atomic E-state index is 12.4. The van der Waals surface area contributed by atoms with Gasteiger partial charge in [-0.1, -0.05) is 29.8 Å². The average molecular weight is 387 g/mol. The highest BCUT2D eigenvalue weighted by Crippen LogP contribution is 2.49.